The number of halogens is 3. The number of carbonyl (C=O) groups is 1. The lowest BCUT2D eigenvalue weighted by Crippen LogP contribution is -2.57. The first kappa shape index (κ1) is 22.8. The van der Waals surface area contributed by atoms with Crippen molar-refractivity contribution in [2.24, 2.45) is 5.92 Å². The second-order valence-corrected chi connectivity index (χ2v) is 9.05. The van der Waals surface area contributed by atoms with Crippen molar-refractivity contribution in [3.63, 3.8) is 0 Å². The van der Waals surface area contributed by atoms with E-state index in [4.69, 9.17) is 4.74 Å². The van der Waals surface area contributed by atoms with E-state index in [1.165, 1.54) is 0 Å². The van der Waals surface area contributed by atoms with Crippen LogP contribution in [0.5, 0.6) is 0 Å². The monoisotopic (exact) mass is 446 g/mol. The fourth-order valence-corrected chi connectivity index (χ4v) is 4.38. The third-order valence-electron chi connectivity index (χ3n) is 6.31. The number of hydrogen-bond acceptors (Lipinski definition) is 3. The Morgan fingerprint density at radius 1 is 1.16 bits per heavy atom. The predicted molar refractivity (Wildman–Crippen MR) is 116 cm³/mol. The summed E-state index contributed by atoms with van der Waals surface area (Å²) >= 11 is 0. The van der Waals surface area contributed by atoms with Crippen molar-refractivity contribution >= 4 is 5.91 Å². The summed E-state index contributed by atoms with van der Waals surface area (Å²) < 4.78 is 45.4. The largest absolute Gasteiger partial charge is 0.416 e. The first-order valence-electron chi connectivity index (χ1n) is 11.1. The molecule has 0 aromatic heterocycles. The van der Waals surface area contributed by atoms with Gasteiger partial charge in [0.2, 0.25) is 5.91 Å². The highest BCUT2D eigenvalue weighted by molar-refractivity contribution is 5.81. The van der Waals surface area contributed by atoms with E-state index in [9.17, 15) is 18.0 Å². The standard InChI is InChI=1S/C25H29F3N2O2/c1-17-11-18(13-21(12-17)25(26,27)28)15-32-16-24(20-5-3-2-4-6-20)10-9-22(14-29-24)30-23(31)19-7-8-19/h2-6,11-13,19,22,29H,7-10,14-16H2,1H3,(H,30,31)/t22-,24+/m0/s1. The van der Waals surface area contributed by atoms with Crippen LogP contribution in [0.3, 0.4) is 0 Å². The highest BCUT2D eigenvalue weighted by Gasteiger charge is 2.39. The third kappa shape index (κ3) is 5.51. The molecule has 2 aliphatic rings. The molecule has 1 saturated heterocycles. The SMILES string of the molecule is Cc1cc(COC[C@@]2(c3ccccc3)CC[C@H](NC(=O)C3CC3)CN2)cc(C(F)(F)F)c1. The molecule has 2 aromatic rings. The molecule has 7 heteroatoms. The van der Waals surface area contributed by atoms with E-state index < -0.39 is 17.3 Å². The van der Waals surface area contributed by atoms with Crippen LogP contribution in [0.15, 0.2) is 48.5 Å². The molecule has 2 atom stereocenters. The number of alkyl halides is 3. The van der Waals surface area contributed by atoms with Crippen LogP contribution in [0.25, 0.3) is 0 Å². The molecule has 1 aliphatic carbocycles. The highest BCUT2D eigenvalue weighted by Crippen LogP contribution is 2.34. The number of amides is 1. The summed E-state index contributed by atoms with van der Waals surface area (Å²) in [5.74, 6) is 0.315. The van der Waals surface area contributed by atoms with Gasteiger partial charge in [0.05, 0.1) is 24.3 Å². The molecule has 2 fully saturated rings. The van der Waals surface area contributed by atoms with Crippen LogP contribution in [-0.4, -0.2) is 25.1 Å². The molecule has 1 aliphatic heterocycles. The van der Waals surface area contributed by atoms with E-state index >= 15 is 0 Å². The minimum Gasteiger partial charge on any atom is -0.374 e. The fraction of sp³-hybridized carbons (Fsp3) is 0.480. The zero-order valence-corrected chi connectivity index (χ0v) is 18.2. The molecule has 32 heavy (non-hydrogen) atoms. The van der Waals surface area contributed by atoms with Gasteiger partial charge in [0.15, 0.2) is 0 Å². The van der Waals surface area contributed by atoms with E-state index in [1.54, 1.807) is 13.0 Å². The maximum absolute atomic E-state index is 13.1. The molecule has 1 saturated carbocycles. The van der Waals surface area contributed by atoms with E-state index in [0.717, 1.165) is 43.4 Å². The predicted octanol–water partition coefficient (Wildman–Crippen LogP) is 4.70. The van der Waals surface area contributed by atoms with Crippen molar-refractivity contribution in [3.05, 3.63) is 70.8 Å². The van der Waals surface area contributed by atoms with Gasteiger partial charge in [-0.1, -0.05) is 42.0 Å². The molecule has 0 radical (unpaired) electrons. The number of piperidine rings is 1. The molecule has 0 spiro atoms. The lowest BCUT2D eigenvalue weighted by Gasteiger charge is -2.42. The second kappa shape index (κ2) is 9.24. The maximum atomic E-state index is 13.1. The minimum atomic E-state index is -4.38. The smallest absolute Gasteiger partial charge is 0.374 e. The summed E-state index contributed by atoms with van der Waals surface area (Å²) in [5.41, 5.74) is 1.04. The molecule has 4 rings (SSSR count). The molecular weight excluding hydrogens is 417 g/mol. The van der Waals surface area contributed by atoms with Gasteiger partial charge in [-0.15, -0.1) is 0 Å². The van der Waals surface area contributed by atoms with Crippen molar-refractivity contribution in [2.45, 2.75) is 57.0 Å². The Kier molecular flexibility index (Phi) is 6.58. The van der Waals surface area contributed by atoms with Crippen molar-refractivity contribution in [1.29, 1.82) is 0 Å². The normalized spacial score (nSPS) is 23.7. The van der Waals surface area contributed by atoms with E-state index in [2.05, 4.69) is 10.6 Å². The zero-order chi connectivity index (χ0) is 22.8. The van der Waals surface area contributed by atoms with Crippen LogP contribution in [0.4, 0.5) is 13.2 Å². The van der Waals surface area contributed by atoms with Crippen LogP contribution in [0.2, 0.25) is 0 Å². The molecule has 172 valence electrons. The number of benzene rings is 2. The number of carbonyl (C=O) groups excluding carboxylic acids is 1. The van der Waals surface area contributed by atoms with Crippen molar-refractivity contribution in [3.8, 4) is 0 Å². The second-order valence-electron chi connectivity index (χ2n) is 9.05. The molecule has 0 bridgehead atoms. The van der Waals surface area contributed by atoms with Gasteiger partial charge in [0.1, 0.15) is 0 Å². The van der Waals surface area contributed by atoms with Crippen LogP contribution < -0.4 is 10.6 Å². The first-order valence-corrected chi connectivity index (χ1v) is 11.1. The van der Waals surface area contributed by atoms with Gasteiger partial charge >= 0.3 is 6.18 Å². The lowest BCUT2D eigenvalue weighted by molar-refractivity contribution is -0.137. The topological polar surface area (TPSA) is 50.4 Å². The number of aryl methyl sites for hydroxylation is 1. The average molecular weight is 447 g/mol. The van der Waals surface area contributed by atoms with Gasteiger partial charge in [0, 0.05) is 18.5 Å². The van der Waals surface area contributed by atoms with Crippen molar-refractivity contribution < 1.29 is 22.7 Å². The van der Waals surface area contributed by atoms with Crippen molar-refractivity contribution in [2.75, 3.05) is 13.2 Å². The van der Waals surface area contributed by atoms with E-state index in [0.29, 0.717) is 24.3 Å². The average Bonchev–Trinajstić information content (AvgIpc) is 3.60. The Hall–Kier alpha value is -2.38. The van der Waals surface area contributed by atoms with Crippen molar-refractivity contribution in [1.82, 2.24) is 10.6 Å². The molecule has 1 heterocycles. The molecule has 2 N–H and O–H groups in total. The van der Waals surface area contributed by atoms with E-state index in [1.807, 2.05) is 30.3 Å². The third-order valence-corrected chi connectivity index (χ3v) is 6.31. The summed E-state index contributed by atoms with van der Waals surface area (Å²) in [6, 6.07) is 14.1. The summed E-state index contributed by atoms with van der Waals surface area (Å²) in [4.78, 5) is 12.1. The summed E-state index contributed by atoms with van der Waals surface area (Å²) in [6.07, 6.45) is -0.858. The quantitative estimate of drug-likeness (QED) is 0.648. The molecule has 4 nitrogen and oxygen atoms in total. The van der Waals surface area contributed by atoms with Crippen LogP contribution >= 0.6 is 0 Å². The molecule has 1 amide bonds. The summed E-state index contributed by atoms with van der Waals surface area (Å²) in [5, 5.41) is 6.71. The first-order chi connectivity index (χ1) is 15.2. The molecular formula is C25H29F3N2O2. The van der Waals surface area contributed by atoms with Gasteiger partial charge in [-0.2, -0.15) is 13.2 Å². The number of ether oxygens (including phenoxy) is 1. The van der Waals surface area contributed by atoms with Gasteiger partial charge < -0.3 is 15.4 Å². The molecule has 0 unspecified atom stereocenters. The Morgan fingerprint density at radius 3 is 2.53 bits per heavy atom. The Balaban J connectivity index is 1.42. The number of hydrogen-bond donors (Lipinski definition) is 2. The lowest BCUT2D eigenvalue weighted by atomic mass is 9.81. The van der Waals surface area contributed by atoms with Gasteiger partial charge in [-0.25, -0.2) is 0 Å². The fourth-order valence-electron chi connectivity index (χ4n) is 4.38. The van der Waals surface area contributed by atoms with Crippen LogP contribution in [0.1, 0.15) is 47.9 Å². The van der Waals surface area contributed by atoms with Crippen LogP contribution in [-0.2, 0) is 27.9 Å². The Morgan fingerprint density at radius 2 is 1.91 bits per heavy atom. The summed E-state index contributed by atoms with van der Waals surface area (Å²) in [6.45, 7) is 2.71. The highest BCUT2D eigenvalue weighted by atomic mass is 19.4. The zero-order valence-electron chi connectivity index (χ0n) is 18.2. The Bertz CT molecular complexity index is 934. The molecule has 2 aromatic carbocycles. The summed E-state index contributed by atoms with van der Waals surface area (Å²) in [7, 11) is 0. The number of nitrogens with one attached hydrogen (secondary N) is 2. The van der Waals surface area contributed by atoms with Gasteiger partial charge in [-0.05, 0) is 55.9 Å². The van der Waals surface area contributed by atoms with Gasteiger partial charge in [-0.3, -0.25) is 4.79 Å². The van der Waals surface area contributed by atoms with Gasteiger partial charge in [0.25, 0.3) is 0 Å². The maximum Gasteiger partial charge on any atom is 0.416 e. The van der Waals surface area contributed by atoms with Crippen LogP contribution in [0, 0.1) is 12.8 Å². The van der Waals surface area contributed by atoms with E-state index in [-0.39, 0.29) is 24.5 Å². The minimum absolute atomic E-state index is 0.0750. The Labute approximate surface area is 186 Å². The number of rotatable bonds is 7.